The fourth-order valence-electron chi connectivity index (χ4n) is 5.19. The molecule has 0 unspecified atom stereocenters. The summed E-state index contributed by atoms with van der Waals surface area (Å²) >= 11 is 1.72. The number of fused-ring (bicyclic) bond motifs is 3. The SMILES string of the molecule is CC(C)(C)c1ccc2c(c1)c1cc(C(C)(C)C)ccc1n2-c1sccc1-c1ccc(C(=O)c2ccccn2)nc1. The van der Waals surface area contributed by atoms with E-state index >= 15 is 0 Å². The molecule has 0 saturated heterocycles. The minimum Gasteiger partial charge on any atom is -0.300 e. The van der Waals surface area contributed by atoms with Gasteiger partial charge in [0.25, 0.3) is 0 Å². The molecule has 0 aliphatic heterocycles. The minimum absolute atomic E-state index is 0.0540. The quantitative estimate of drug-likeness (QED) is 0.208. The highest BCUT2D eigenvalue weighted by atomic mass is 32.1. The Hall–Kier alpha value is -4.09. The Bertz CT molecular complexity index is 1790. The van der Waals surface area contributed by atoms with Gasteiger partial charge in [-0.05, 0) is 75.9 Å². The van der Waals surface area contributed by atoms with Crippen LogP contribution < -0.4 is 0 Å². The Balaban J connectivity index is 1.51. The molecule has 0 fully saturated rings. The highest BCUT2D eigenvalue weighted by Gasteiger charge is 2.22. The van der Waals surface area contributed by atoms with Crippen LogP contribution in [0.2, 0.25) is 0 Å². The second-order valence-corrected chi connectivity index (χ2v) is 13.3. The van der Waals surface area contributed by atoms with Crippen LogP contribution in [0.15, 0.2) is 90.6 Å². The summed E-state index contributed by atoms with van der Waals surface area (Å²) < 4.78 is 2.39. The van der Waals surface area contributed by atoms with Gasteiger partial charge < -0.3 is 4.57 Å². The summed E-state index contributed by atoms with van der Waals surface area (Å²) in [6.07, 6.45) is 3.42. The molecule has 6 aromatic rings. The number of carbonyl (C=O) groups excluding carboxylic acids is 1. The van der Waals surface area contributed by atoms with Gasteiger partial charge in [-0.1, -0.05) is 65.8 Å². The van der Waals surface area contributed by atoms with Crippen LogP contribution in [-0.4, -0.2) is 20.3 Å². The van der Waals surface area contributed by atoms with Crippen molar-refractivity contribution >= 4 is 38.9 Å². The lowest BCUT2D eigenvalue weighted by Crippen LogP contribution is -2.10. The smallest absolute Gasteiger partial charge is 0.229 e. The van der Waals surface area contributed by atoms with Crippen molar-refractivity contribution in [3.63, 3.8) is 0 Å². The fraction of sp³-hybridized carbons (Fsp3) is 0.229. The maximum absolute atomic E-state index is 12.9. The number of nitrogens with zero attached hydrogens (tertiary/aromatic N) is 3. The van der Waals surface area contributed by atoms with Crippen LogP contribution >= 0.6 is 11.3 Å². The number of aromatic nitrogens is 3. The van der Waals surface area contributed by atoms with Crippen LogP contribution in [0.1, 0.15) is 68.9 Å². The predicted molar refractivity (Wildman–Crippen MR) is 167 cm³/mol. The summed E-state index contributed by atoms with van der Waals surface area (Å²) in [5, 5.41) is 5.80. The van der Waals surface area contributed by atoms with E-state index in [0.29, 0.717) is 11.4 Å². The molecule has 6 rings (SSSR count). The zero-order valence-electron chi connectivity index (χ0n) is 23.8. The Morgan fingerprint density at radius 2 is 1.35 bits per heavy atom. The number of thiophene rings is 1. The average molecular weight is 544 g/mol. The highest BCUT2D eigenvalue weighted by molar-refractivity contribution is 7.13. The van der Waals surface area contributed by atoms with Crippen molar-refractivity contribution in [3.05, 3.63) is 113 Å². The largest absolute Gasteiger partial charge is 0.300 e. The first-order valence-corrected chi connectivity index (χ1v) is 14.5. The molecule has 4 heterocycles. The maximum atomic E-state index is 12.9. The van der Waals surface area contributed by atoms with Gasteiger partial charge >= 0.3 is 0 Å². The van der Waals surface area contributed by atoms with E-state index in [2.05, 4.69) is 104 Å². The second-order valence-electron chi connectivity index (χ2n) is 12.4. The first-order chi connectivity index (χ1) is 19.0. The van der Waals surface area contributed by atoms with Crippen molar-refractivity contribution in [1.82, 2.24) is 14.5 Å². The molecule has 0 bridgehead atoms. The van der Waals surface area contributed by atoms with E-state index in [1.54, 1.807) is 41.9 Å². The van der Waals surface area contributed by atoms with Gasteiger partial charge in [0.15, 0.2) is 0 Å². The summed E-state index contributed by atoms with van der Waals surface area (Å²) in [7, 11) is 0. The van der Waals surface area contributed by atoms with Crippen LogP contribution in [0.4, 0.5) is 0 Å². The van der Waals surface area contributed by atoms with Crippen LogP contribution in [-0.2, 0) is 10.8 Å². The zero-order chi connectivity index (χ0) is 28.2. The maximum Gasteiger partial charge on any atom is 0.229 e. The third-order valence-corrected chi connectivity index (χ3v) is 8.45. The van der Waals surface area contributed by atoms with E-state index < -0.39 is 0 Å². The van der Waals surface area contributed by atoms with Gasteiger partial charge in [-0.15, -0.1) is 11.3 Å². The van der Waals surface area contributed by atoms with Gasteiger partial charge in [-0.25, -0.2) is 0 Å². The molecule has 4 nitrogen and oxygen atoms in total. The lowest BCUT2D eigenvalue weighted by molar-refractivity contribution is 0.103. The Labute approximate surface area is 239 Å². The van der Waals surface area contributed by atoms with Crippen LogP contribution in [0.5, 0.6) is 0 Å². The number of rotatable bonds is 4. The van der Waals surface area contributed by atoms with Gasteiger partial charge in [-0.2, -0.15) is 0 Å². The number of hydrogen-bond donors (Lipinski definition) is 0. The molecule has 0 aliphatic carbocycles. The number of ketones is 1. The topological polar surface area (TPSA) is 47.8 Å². The molecular weight excluding hydrogens is 510 g/mol. The molecule has 2 aromatic carbocycles. The van der Waals surface area contributed by atoms with E-state index in [-0.39, 0.29) is 16.6 Å². The third kappa shape index (κ3) is 4.54. The molecule has 0 spiro atoms. The Morgan fingerprint density at radius 1 is 0.725 bits per heavy atom. The van der Waals surface area contributed by atoms with Gasteiger partial charge in [0.2, 0.25) is 5.78 Å². The monoisotopic (exact) mass is 543 g/mol. The normalized spacial score (nSPS) is 12.3. The van der Waals surface area contributed by atoms with Crippen molar-refractivity contribution in [1.29, 1.82) is 0 Å². The molecule has 0 aliphatic rings. The van der Waals surface area contributed by atoms with Crippen molar-refractivity contribution in [3.8, 4) is 16.1 Å². The van der Waals surface area contributed by atoms with Gasteiger partial charge in [-0.3, -0.25) is 14.8 Å². The van der Waals surface area contributed by atoms with Crippen LogP contribution in [0.25, 0.3) is 37.9 Å². The molecule has 4 aromatic heterocycles. The van der Waals surface area contributed by atoms with Gasteiger partial charge in [0.1, 0.15) is 16.4 Å². The molecule has 40 heavy (non-hydrogen) atoms. The van der Waals surface area contributed by atoms with Crippen molar-refractivity contribution in [2.45, 2.75) is 52.4 Å². The first kappa shape index (κ1) is 26.1. The summed E-state index contributed by atoms with van der Waals surface area (Å²) in [4.78, 5) is 21.6. The molecule has 0 N–H and O–H groups in total. The number of benzene rings is 2. The molecule has 0 saturated carbocycles. The van der Waals surface area contributed by atoms with Crippen molar-refractivity contribution in [2.24, 2.45) is 0 Å². The molecule has 5 heteroatoms. The van der Waals surface area contributed by atoms with E-state index in [1.807, 2.05) is 12.1 Å². The standard InChI is InChI=1S/C35H33N3OS/c1-34(2,3)23-11-14-30-26(19-23)27-20-24(35(4,5)6)12-15-31(27)38(30)33-25(16-18-40-33)22-10-13-29(37-21-22)32(39)28-9-7-8-17-36-28/h7-21H,1-6H3. The van der Waals surface area contributed by atoms with Gasteiger partial charge in [0.05, 0.1) is 11.0 Å². The molecule has 0 radical (unpaired) electrons. The molecule has 200 valence electrons. The minimum atomic E-state index is -0.176. The number of pyridine rings is 2. The van der Waals surface area contributed by atoms with E-state index in [0.717, 1.165) is 16.1 Å². The summed E-state index contributed by atoms with van der Waals surface area (Å²) in [5.41, 5.74) is 7.98. The fourth-order valence-corrected chi connectivity index (χ4v) is 6.13. The Morgan fingerprint density at radius 3 is 1.88 bits per heavy atom. The average Bonchev–Trinajstić information content (AvgIpc) is 3.54. The van der Waals surface area contributed by atoms with Crippen molar-refractivity contribution < 1.29 is 4.79 Å². The first-order valence-electron chi connectivity index (χ1n) is 13.6. The van der Waals surface area contributed by atoms with Crippen molar-refractivity contribution in [2.75, 3.05) is 0 Å². The lowest BCUT2D eigenvalue weighted by Gasteiger charge is -2.19. The summed E-state index contributed by atoms with van der Waals surface area (Å²) in [5.74, 6) is -0.176. The van der Waals surface area contributed by atoms with E-state index in [1.165, 1.54) is 32.9 Å². The van der Waals surface area contributed by atoms with Gasteiger partial charge in [0, 0.05) is 34.3 Å². The Kier molecular flexibility index (Phi) is 6.23. The molecule has 0 atom stereocenters. The second kappa shape index (κ2) is 9.53. The molecule has 0 amide bonds. The highest BCUT2D eigenvalue weighted by Crippen LogP contribution is 2.41. The number of hydrogen-bond acceptors (Lipinski definition) is 4. The van der Waals surface area contributed by atoms with E-state index in [4.69, 9.17) is 0 Å². The predicted octanol–water partition coefficient (Wildman–Crippen LogP) is 9.13. The molecular formula is C35H33N3OS. The zero-order valence-corrected chi connectivity index (χ0v) is 24.6. The van der Waals surface area contributed by atoms with Crippen LogP contribution in [0, 0.1) is 0 Å². The summed E-state index contributed by atoms with van der Waals surface area (Å²) in [6, 6.07) is 25.0. The van der Waals surface area contributed by atoms with E-state index in [9.17, 15) is 4.79 Å². The number of carbonyl (C=O) groups is 1. The lowest BCUT2D eigenvalue weighted by atomic mass is 9.85. The third-order valence-electron chi connectivity index (χ3n) is 7.55. The summed E-state index contributed by atoms with van der Waals surface area (Å²) in [6.45, 7) is 13.6. The van der Waals surface area contributed by atoms with Crippen LogP contribution in [0.3, 0.4) is 0 Å².